The van der Waals surface area contributed by atoms with Crippen LogP contribution >= 0.6 is 0 Å². The van der Waals surface area contributed by atoms with Crippen molar-refractivity contribution in [3.63, 3.8) is 0 Å². The van der Waals surface area contributed by atoms with Gasteiger partial charge in [0, 0.05) is 24.7 Å². The number of nitrogens with zero attached hydrogens (tertiary/aromatic N) is 2. The van der Waals surface area contributed by atoms with Crippen LogP contribution in [0.15, 0.2) is 18.2 Å². The molecule has 0 unspecified atom stereocenters. The van der Waals surface area contributed by atoms with Crippen molar-refractivity contribution in [1.29, 1.82) is 0 Å². The van der Waals surface area contributed by atoms with E-state index >= 15 is 0 Å². The molecule has 1 aliphatic heterocycles. The first-order chi connectivity index (χ1) is 8.93. The number of hydrogen-bond acceptors (Lipinski definition) is 5. The maximum Gasteiger partial charge on any atom is 0.293 e. The van der Waals surface area contributed by atoms with Gasteiger partial charge in [0.25, 0.3) is 5.69 Å². The summed E-state index contributed by atoms with van der Waals surface area (Å²) in [6, 6.07) is 4.46. The highest BCUT2D eigenvalue weighted by Gasteiger charge is 2.30. The SMILES string of the molecule is CC1(O)CCN(c2ccc(C=O)cc2[N+](=O)[O-])CC1. The van der Waals surface area contributed by atoms with Gasteiger partial charge < -0.3 is 10.0 Å². The van der Waals surface area contributed by atoms with Gasteiger partial charge in [0.05, 0.1) is 10.5 Å². The van der Waals surface area contributed by atoms with Crippen LogP contribution in [0.3, 0.4) is 0 Å². The van der Waals surface area contributed by atoms with Gasteiger partial charge in [0.15, 0.2) is 0 Å². The van der Waals surface area contributed by atoms with Gasteiger partial charge in [0.1, 0.15) is 12.0 Å². The molecule has 0 radical (unpaired) electrons. The van der Waals surface area contributed by atoms with Crippen molar-refractivity contribution < 1.29 is 14.8 Å². The van der Waals surface area contributed by atoms with Gasteiger partial charge in [-0.05, 0) is 31.9 Å². The van der Waals surface area contributed by atoms with Crippen LogP contribution in [-0.2, 0) is 0 Å². The number of aliphatic hydroxyl groups is 1. The van der Waals surface area contributed by atoms with Crippen molar-refractivity contribution in [3.05, 3.63) is 33.9 Å². The molecule has 1 fully saturated rings. The number of nitro groups is 1. The number of anilines is 1. The minimum absolute atomic E-state index is 0.0638. The average molecular weight is 264 g/mol. The van der Waals surface area contributed by atoms with Gasteiger partial charge in [-0.1, -0.05) is 0 Å². The number of carbonyl (C=O) groups excluding carboxylic acids is 1. The Morgan fingerprint density at radius 2 is 2.05 bits per heavy atom. The van der Waals surface area contributed by atoms with E-state index in [4.69, 9.17) is 0 Å². The van der Waals surface area contributed by atoms with E-state index in [1.165, 1.54) is 6.07 Å². The number of nitro benzene ring substituents is 1. The smallest absolute Gasteiger partial charge is 0.293 e. The molecule has 1 heterocycles. The first kappa shape index (κ1) is 13.5. The summed E-state index contributed by atoms with van der Waals surface area (Å²) in [5, 5.41) is 21.0. The minimum atomic E-state index is -0.700. The van der Waals surface area contributed by atoms with Crippen LogP contribution in [-0.4, -0.2) is 35.0 Å². The molecule has 6 heteroatoms. The van der Waals surface area contributed by atoms with Crippen LogP contribution in [0.1, 0.15) is 30.1 Å². The fourth-order valence-electron chi connectivity index (χ4n) is 2.26. The zero-order valence-corrected chi connectivity index (χ0v) is 10.7. The fourth-order valence-corrected chi connectivity index (χ4v) is 2.26. The van der Waals surface area contributed by atoms with Crippen LogP contribution in [0.4, 0.5) is 11.4 Å². The number of aldehydes is 1. The lowest BCUT2D eigenvalue weighted by atomic mass is 9.93. The summed E-state index contributed by atoms with van der Waals surface area (Å²) < 4.78 is 0. The van der Waals surface area contributed by atoms with E-state index in [0.29, 0.717) is 43.5 Å². The Hall–Kier alpha value is -1.95. The molecule has 19 heavy (non-hydrogen) atoms. The second-order valence-corrected chi connectivity index (χ2v) is 5.11. The molecule has 1 aromatic rings. The Morgan fingerprint density at radius 1 is 1.42 bits per heavy atom. The van der Waals surface area contributed by atoms with Crippen molar-refractivity contribution in [2.24, 2.45) is 0 Å². The predicted octanol–water partition coefficient (Wildman–Crippen LogP) is 1.76. The Bertz CT molecular complexity index is 503. The number of hydrogen-bond donors (Lipinski definition) is 1. The van der Waals surface area contributed by atoms with E-state index in [1.54, 1.807) is 19.1 Å². The Labute approximate surface area is 110 Å². The molecule has 0 aliphatic carbocycles. The third kappa shape index (κ3) is 2.90. The second kappa shape index (κ2) is 4.97. The zero-order chi connectivity index (χ0) is 14.0. The molecule has 102 valence electrons. The van der Waals surface area contributed by atoms with Crippen molar-refractivity contribution in [3.8, 4) is 0 Å². The highest BCUT2D eigenvalue weighted by Crippen LogP contribution is 2.32. The molecule has 0 aromatic heterocycles. The van der Waals surface area contributed by atoms with E-state index in [9.17, 15) is 20.0 Å². The van der Waals surface area contributed by atoms with E-state index in [2.05, 4.69) is 0 Å². The lowest BCUT2D eigenvalue weighted by Crippen LogP contribution is -2.42. The van der Waals surface area contributed by atoms with Crippen LogP contribution < -0.4 is 4.90 Å². The summed E-state index contributed by atoms with van der Waals surface area (Å²) in [4.78, 5) is 23.2. The highest BCUT2D eigenvalue weighted by molar-refractivity contribution is 5.79. The summed E-state index contributed by atoms with van der Waals surface area (Å²) in [5.74, 6) is 0. The Morgan fingerprint density at radius 3 is 2.58 bits per heavy atom. The molecule has 1 N–H and O–H groups in total. The molecular weight excluding hydrogens is 248 g/mol. The van der Waals surface area contributed by atoms with E-state index in [-0.39, 0.29) is 5.69 Å². The van der Waals surface area contributed by atoms with Crippen LogP contribution in [0.5, 0.6) is 0 Å². The molecular formula is C13H16N2O4. The van der Waals surface area contributed by atoms with E-state index < -0.39 is 10.5 Å². The monoisotopic (exact) mass is 264 g/mol. The maximum atomic E-state index is 11.1. The number of piperidine rings is 1. The molecule has 0 amide bonds. The summed E-state index contributed by atoms with van der Waals surface area (Å²) >= 11 is 0. The molecule has 6 nitrogen and oxygen atoms in total. The molecule has 0 atom stereocenters. The van der Waals surface area contributed by atoms with Crippen molar-refractivity contribution in [1.82, 2.24) is 0 Å². The quantitative estimate of drug-likeness (QED) is 0.511. The normalized spacial score (nSPS) is 18.1. The van der Waals surface area contributed by atoms with Gasteiger partial charge in [-0.3, -0.25) is 14.9 Å². The summed E-state index contributed by atoms with van der Waals surface area (Å²) in [6.07, 6.45) is 1.73. The molecule has 2 rings (SSSR count). The third-order valence-electron chi connectivity index (χ3n) is 3.51. The summed E-state index contributed by atoms with van der Waals surface area (Å²) in [6.45, 7) is 2.90. The molecule has 1 saturated heterocycles. The first-order valence-electron chi connectivity index (χ1n) is 6.14. The Balaban J connectivity index is 2.30. The van der Waals surface area contributed by atoms with Crippen molar-refractivity contribution in [2.45, 2.75) is 25.4 Å². The van der Waals surface area contributed by atoms with E-state index in [1.807, 2.05) is 4.90 Å². The lowest BCUT2D eigenvalue weighted by molar-refractivity contribution is -0.384. The van der Waals surface area contributed by atoms with Crippen molar-refractivity contribution >= 4 is 17.7 Å². The molecule has 1 aliphatic rings. The van der Waals surface area contributed by atoms with Crippen molar-refractivity contribution in [2.75, 3.05) is 18.0 Å². The maximum absolute atomic E-state index is 11.1. The van der Waals surface area contributed by atoms with Crippen LogP contribution in [0.2, 0.25) is 0 Å². The zero-order valence-electron chi connectivity index (χ0n) is 10.7. The summed E-state index contributed by atoms with van der Waals surface area (Å²) in [7, 11) is 0. The topological polar surface area (TPSA) is 83.7 Å². The van der Waals surface area contributed by atoms with Gasteiger partial charge in [-0.2, -0.15) is 0 Å². The average Bonchev–Trinajstić information content (AvgIpc) is 2.38. The third-order valence-corrected chi connectivity index (χ3v) is 3.51. The summed E-state index contributed by atoms with van der Waals surface area (Å²) in [5.41, 5.74) is 0.0327. The lowest BCUT2D eigenvalue weighted by Gasteiger charge is -2.36. The number of carbonyl (C=O) groups is 1. The largest absolute Gasteiger partial charge is 0.390 e. The van der Waals surface area contributed by atoms with Gasteiger partial charge in [0.2, 0.25) is 0 Å². The highest BCUT2D eigenvalue weighted by atomic mass is 16.6. The van der Waals surface area contributed by atoms with Gasteiger partial charge in [-0.25, -0.2) is 0 Å². The molecule has 0 spiro atoms. The Kier molecular flexibility index (Phi) is 3.53. The van der Waals surface area contributed by atoms with Gasteiger partial charge in [-0.15, -0.1) is 0 Å². The van der Waals surface area contributed by atoms with Crippen LogP contribution in [0.25, 0.3) is 0 Å². The molecule has 0 bridgehead atoms. The second-order valence-electron chi connectivity index (χ2n) is 5.11. The minimum Gasteiger partial charge on any atom is -0.390 e. The predicted molar refractivity (Wildman–Crippen MR) is 70.6 cm³/mol. The van der Waals surface area contributed by atoms with Crippen LogP contribution in [0, 0.1) is 10.1 Å². The molecule has 0 saturated carbocycles. The van der Waals surface area contributed by atoms with Gasteiger partial charge >= 0.3 is 0 Å². The van der Waals surface area contributed by atoms with E-state index in [0.717, 1.165) is 0 Å². The number of benzene rings is 1. The first-order valence-corrected chi connectivity index (χ1v) is 6.14. The molecule has 1 aromatic carbocycles. The standard InChI is InChI=1S/C13H16N2O4/c1-13(17)4-6-14(7-5-13)11-3-2-10(9-16)8-12(11)15(18)19/h2-3,8-9,17H,4-7H2,1H3. The number of rotatable bonds is 3. The fraction of sp³-hybridized carbons (Fsp3) is 0.462.